The maximum atomic E-state index is 13.0. The first-order valence-corrected chi connectivity index (χ1v) is 12.0. The zero-order valence-electron chi connectivity index (χ0n) is 17.7. The fourth-order valence-electron chi connectivity index (χ4n) is 3.80. The SMILES string of the molecule is CCOc1ccc(S(=O)(=O)N2CCN(CCn3ccnc3-c3ccccc3)CC2)cc1. The van der Waals surface area contributed by atoms with Gasteiger partial charge < -0.3 is 9.30 Å². The van der Waals surface area contributed by atoms with Crippen LogP contribution in [-0.4, -0.2) is 66.5 Å². The van der Waals surface area contributed by atoms with E-state index in [-0.39, 0.29) is 0 Å². The van der Waals surface area contributed by atoms with E-state index in [0.29, 0.717) is 43.4 Å². The summed E-state index contributed by atoms with van der Waals surface area (Å²) in [5.41, 5.74) is 1.10. The van der Waals surface area contributed by atoms with Gasteiger partial charge in [-0.15, -0.1) is 0 Å². The van der Waals surface area contributed by atoms with Gasteiger partial charge in [-0.1, -0.05) is 30.3 Å². The number of aromatic nitrogens is 2. The average Bonchev–Trinajstić information content (AvgIpc) is 3.28. The second-order valence-electron chi connectivity index (χ2n) is 7.46. The lowest BCUT2D eigenvalue weighted by molar-refractivity contribution is 0.183. The molecule has 2 heterocycles. The van der Waals surface area contributed by atoms with Crippen molar-refractivity contribution in [3.05, 3.63) is 67.0 Å². The van der Waals surface area contributed by atoms with Crippen molar-refractivity contribution in [1.82, 2.24) is 18.8 Å². The number of benzene rings is 2. The highest BCUT2D eigenvalue weighted by Gasteiger charge is 2.28. The van der Waals surface area contributed by atoms with Crippen LogP contribution in [0.3, 0.4) is 0 Å². The lowest BCUT2D eigenvalue weighted by atomic mass is 10.2. The van der Waals surface area contributed by atoms with Gasteiger partial charge in [0.1, 0.15) is 11.6 Å². The fraction of sp³-hybridized carbons (Fsp3) is 0.348. The van der Waals surface area contributed by atoms with E-state index in [0.717, 1.165) is 24.5 Å². The van der Waals surface area contributed by atoms with Gasteiger partial charge in [0.05, 0.1) is 11.5 Å². The summed E-state index contributed by atoms with van der Waals surface area (Å²) in [6, 6.07) is 16.8. The van der Waals surface area contributed by atoms with Crippen molar-refractivity contribution in [1.29, 1.82) is 0 Å². The van der Waals surface area contributed by atoms with Crippen LogP contribution in [0.15, 0.2) is 71.9 Å². The maximum absolute atomic E-state index is 13.0. The highest BCUT2D eigenvalue weighted by atomic mass is 32.2. The van der Waals surface area contributed by atoms with Crippen molar-refractivity contribution in [2.45, 2.75) is 18.4 Å². The van der Waals surface area contributed by atoms with Crippen molar-refractivity contribution in [2.24, 2.45) is 0 Å². The highest BCUT2D eigenvalue weighted by molar-refractivity contribution is 7.89. The van der Waals surface area contributed by atoms with Gasteiger partial charge in [-0.3, -0.25) is 4.90 Å². The van der Waals surface area contributed by atoms with Crippen LogP contribution in [0.25, 0.3) is 11.4 Å². The van der Waals surface area contributed by atoms with E-state index in [4.69, 9.17) is 4.74 Å². The molecular weight excluding hydrogens is 412 g/mol. The quantitative estimate of drug-likeness (QED) is 0.539. The van der Waals surface area contributed by atoms with Gasteiger partial charge in [-0.2, -0.15) is 4.31 Å². The van der Waals surface area contributed by atoms with Crippen LogP contribution < -0.4 is 4.74 Å². The van der Waals surface area contributed by atoms with Gasteiger partial charge in [0, 0.05) is 57.2 Å². The molecule has 1 aliphatic rings. The van der Waals surface area contributed by atoms with Gasteiger partial charge in [0.25, 0.3) is 0 Å². The molecule has 7 nitrogen and oxygen atoms in total. The van der Waals surface area contributed by atoms with Gasteiger partial charge in [0.15, 0.2) is 0 Å². The summed E-state index contributed by atoms with van der Waals surface area (Å²) in [6.07, 6.45) is 3.82. The first-order chi connectivity index (χ1) is 15.1. The molecule has 0 saturated carbocycles. The fourth-order valence-corrected chi connectivity index (χ4v) is 5.23. The summed E-state index contributed by atoms with van der Waals surface area (Å²) in [5.74, 6) is 1.64. The minimum absolute atomic E-state index is 0.315. The Balaban J connectivity index is 1.33. The summed E-state index contributed by atoms with van der Waals surface area (Å²) in [5, 5.41) is 0. The maximum Gasteiger partial charge on any atom is 0.243 e. The Kier molecular flexibility index (Phi) is 6.70. The molecule has 2 aromatic carbocycles. The molecule has 164 valence electrons. The third-order valence-corrected chi connectivity index (χ3v) is 7.42. The van der Waals surface area contributed by atoms with Crippen LogP contribution in [0.4, 0.5) is 0 Å². The van der Waals surface area contributed by atoms with E-state index < -0.39 is 10.0 Å². The van der Waals surface area contributed by atoms with E-state index in [9.17, 15) is 8.42 Å². The van der Waals surface area contributed by atoms with Gasteiger partial charge in [-0.25, -0.2) is 13.4 Å². The Morgan fingerprint density at radius 2 is 1.65 bits per heavy atom. The zero-order chi connectivity index (χ0) is 21.7. The molecule has 1 aliphatic heterocycles. The second kappa shape index (κ2) is 9.64. The zero-order valence-corrected chi connectivity index (χ0v) is 18.5. The molecule has 0 N–H and O–H groups in total. The van der Waals surface area contributed by atoms with Crippen LogP contribution >= 0.6 is 0 Å². The molecule has 8 heteroatoms. The van der Waals surface area contributed by atoms with E-state index in [1.54, 1.807) is 28.6 Å². The van der Waals surface area contributed by atoms with E-state index in [2.05, 4.69) is 26.6 Å². The number of sulfonamides is 1. The highest BCUT2D eigenvalue weighted by Crippen LogP contribution is 2.21. The number of nitrogens with zero attached hydrogens (tertiary/aromatic N) is 4. The molecule has 1 fully saturated rings. The van der Waals surface area contributed by atoms with E-state index in [1.807, 2.05) is 37.5 Å². The third kappa shape index (κ3) is 4.98. The first kappa shape index (κ1) is 21.5. The van der Waals surface area contributed by atoms with E-state index in [1.165, 1.54) is 0 Å². The topological polar surface area (TPSA) is 67.7 Å². The predicted octanol–water partition coefficient (Wildman–Crippen LogP) is 2.96. The normalized spacial score (nSPS) is 15.8. The summed E-state index contributed by atoms with van der Waals surface area (Å²) in [6.45, 7) is 6.54. The molecule has 31 heavy (non-hydrogen) atoms. The third-order valence-electron chi connectivity index (χ3n) is 5.51. The Morgan fingerprint density at radius 1 is 0.935 bits per heavy atom. The van der Waals surface area contributed by atoms with Gasteiger partial charge in [-0.05, 0) is 31.2 Å². The Hall–Kier alpha value is -2.68. The van der Waals surface area contributed by atoms with Gasteiger partial charge >= 0.3 is 0 Å². The number of imidazole rings is 1. The molecule has 1 aromatic heterocycles. The van der Waals surface area contributed by atoms with Crippen LogP contribution in [0, 0.1) is 0 Å². The molecule has 3 aromatic rings. The molecule has 4 rings (SSSR count). The monoisotopic (exact) mass is 440 g/mol. The number of hydrogen-bond acceptors (Lipinski definition) is 5. The Labute approximate surface area is 183 Å². The standard InChI is InChI=1S/C23H28N4O3S/c1-2-30-21-8-10-22(11-9-21)31(28,29)27-18-15-25(16-19-27)14-17-26-13-12-24-23(26)20-6-4-3-5-7-20/h3-13H,2,14-19H2,1H3. The van der Waals surface area contributed by atoms with Crippen molar-refractivity contribution >= 4 is 10.0 Å². The summed E-state index contributed by atoms with van der Waals surface area (Å²) >= 11 is 0. The minimum Gasteiger partial charge on any atom is -0.494 e. The smallest absolute Gasteiger partial charge is 0.243 e. The first-order valence-electron chi connectivity index (χ1n) is 10.6. The van der Waals surface area contributed by atoms with E-state index >= 15 is 0 Å². The second-order valence-corrected chi connectivity index (χ2v) is 9.40. The number of rotatable bonds is 8. The van der Waals surface area contributed by atoms with Crippen molar-refractivity contribution in [3.8, 4) is 17.1 Å². The molecule has 0 amide bonds. The van der Waals surface area contributed by atoms with Crippen LogP contribution in [-0.2, 0) is 16.6 Å². The molecule has 1 saturated heterocycles. The number of ether oxygens (including phenoxy) is 1. The van der Waals surface area contributed by atoms with Crippen molar-refractivity contribution in [2.75, 3.05) is 39.3 Å². The molecular formula is C23H28N4O3S. The minimum atomic E-state index is -3.48. The van der Waals surface area contributed by atoms with Crippen LogP contribution in [0.1, 0.15) is 6.92 Å². The number of piperazine rings is 1. The lowest BCUT2D eigenvalue weighted by Gasteiger charge is -2.34. The summed E-state index contributed by atoms with van der Waals surface area (Å²) in [7, 11) is -3.48. The largest absolute Gasteiger partial charge is 0.494 e. The number of hydrogen-bond donors (Lipinski definition) is 0. The van der Waals surface area contributed by atoms with Gasteiger partial charge in [0.2, 0.25) is 10.0 Å². The van der Waals surface area contributed by atoms with Crippen LogP contribution in [0.5, 0.6) is 5.75 Å². The molecule has 0 bridgehead atoms. The predicted molar refractivity (Wildman–Crippen MR) is 120 cm³/mol. The van der Waals surface area contributed by atoms with Crippen LogP contribution in [0.2, 0.25) is 0 Å². The molecule has 0 spiro atoms. The Bertz CT molecular complexity index is 1070. The molecule has 0 aliphatic carbocycles. The molecule has 0 radical (unpaired) electrons. The summed E-state index contributed by atoms with van der Waals surface area (Å²) in [4.78, 5) is 7.11. The summed E-state index contributed by atoms with van der Waals surface area (Å²) < 4.78 is 35.1. The van der Waals surface area contributed by atoms with Crippen molar-refractivity contribution in [3.63, 3.8) is 0 Å². The van der Waals surface area contributed by atoms with Crippen molar-refractivity contribution < 1.29 is 13.2 Å². The molecule has 0 atom stereocenters. The Morgan fingerprint density at radius 3 is 2.32 bits per heavy atom. The lowest BCUT2D eigenvalue weighted by Crippen LogP contribution is -2.49. The average molecular weight is 441 g/mol. The molecule has 0 unspecified atom stereocenters.